The molecule has 1 aromatic heterocycles. The van der Waals surface area contributed by atoms with Crippen LogP contribution in [-0.2, 0) is 11.2 Å². The minimum absolute atomic E-state index is 0.155. The highest BCUT2D eigenvalue weighted by Gasteiger charge is 2.25. The van der Waals surface area contributed by atoms with Gasteiger partial charge in [-0.05, 0) is 12.8 Å². The SMILES string of the molecule is O=C(O)Cc1ncc(C2CC2)nn1. The van der Waals surface area contributed by atoms with E-state index in [0.717, 1.165) is 18.5 Å². The van der Waals surface area contributed by atoms with Gasteiger partial charge < -0.3 is 5.11 Å². The molecule has 1 N–H and O–H groups in total. The van der Waals surface area contributed by atoms with Gasteiger partial charge in [0.2, 0.25) is 0 Å². The monoisotopic (exact) mass is 179 g/mol. The molecule has 0 unspecified atom stereocenters. The van der Waals surface area contributed by atoms with E-state index >= 15 is 0 Å². The molecule has 0 atom stereocenters. The molecule has 0 aromatic carbocycles. The Kier molecular flexibility index (Phi) is 1.92. The smallest absolute Gasteiger partial charge is 0.311 e. The van der Waals surface area contributed by atoms with Crippen LogP contribution in [0.3, 0.4) is 0 Å². The molecule has 2 rings (SSSR count). The molecule has 0 aliphatic heterocycles. The number of carbonyl (C=O) groups is 1. The summed E-state index contributed by atoms with van der Waals surface area (Å²) < 4.78 is 0. The lowest BCUT2D eigenvalue weighted by Crippen LogP contribution is -2.06. The summed E-state index contributed by atoms with van der Waals surface area (Å²) in [6.07, 6.45) is 3.77. The van der Waals surface area contributed by atoms with E-state index in [4.69, 9.17) is 5.11 Å². The Morgan fingerprint density at radius 2 is 2.31 bits per heavy atom. The zero-order valence-corrected chi connectivity index (χ0v) is 6.97. The van der Waals surface area contributed by atoms with Crippen LogP contribution in [0.5, 0.6) is 0 Å². The topological polar surface area (TPSA) is 76.0 Å². The average molecular weight is 179 g/mol. The van der Waals surface area contributed by atoms with Crippen molar-refractivity contribution in [2.45, 2.75) is 25.2 Å². The number of rotatable bonds is 3. The summed E-state index contributed by atoms with van der Waals surface area (Å²) in [6.45, 7) is 0. The minimum Gasteiger partial charge on any atom is -0.481 e. The Labute approximate surface area is 74.8 Å². The van der Waals surface area contributed by atoms with Crippen LogP contribution in [0.25, 0.3) is 0 Å². The summed E-state index contributed by atoms with van der Waals surface area (Å²) in [4.78, 5) is 14.2. The molecular formula is C8H9N3O2. The van der Waals surface area contributed by atoms with Gasteiger partial charge in [0.15, 0.2) is 5.82 Å². The van der Waals surface area contributed by atoms with E-state index in [1.807, 2.05) is 0 Å². The molecule has 1 fully saturated rings. The van der Waals surface area contributed by atoms with Gasteiger partial charge in [-0.1, -0.05) is 0 Å². The standard InChI is InChI=1S/C8H9N3O2/c12-8(13)3-7-9-4-6(10-11-7)5-1-2-5/h4-5H,1-3H2,(H,12,13). The first kappa shape index (κ1) is 8.10. The molecule has 1 aliphatic rings. The second-order valence-corrected chi connectivity index (χ2v) is 3.14. The number of hydrogen-bond donors (Lipinski definition) is 1. The number of aliphatic carboxylic acids is 1. The number of aromatic nitrogens is 3. The summed E-state index contributed by atoms with van der Waals surface area (Å²) in [5.74, 6) is -0.142. The van der Waals surface area contributed by atoms with Gasteiger partial charge in [0.05, 0.1) is 11.9 Å². The lowest BCUT2D eigenvalue weighted by Gasteiger charge is -1.96. The van der Waals surface area contributed by atoms with Gasteiger partial charge in [0.25, 0.3) is 0 Å². The second kappa shape index (κ2) is 3.08. The molecule has 0 saturated heterocycles. The molecule has 13 heavy (non-hydrogen) atoms. The van der Waals surface area contributed by atoms with E-state index in [2.05, 4.69) is 15.2 Å². The van der Waals surface area contributed by atoms with Gasteiger partial charge in [0.1, 0.15) is 6.42 Å². The predicted octanol–water partition coefficient (Wildman–Crippen LogP) is 0.376. The molecule has 5 heteroatoms. The highest BCUT2D eigenvalue weighted by Crippen LogP contribution is 2.38. The fourth-order valence-electron chi connectivity index (χ4n) is 1.09. The van der Waals surface area contributed by atoms with Gasteiger partial charge in [-0.25, -0.2) is 4.98 Å². The van der Waals surface area contributed by atoms with Crippen LogP contribution in [0.15, 0.2) is 6.20 Å². The van der Waals surface area contributed by atoms with Gasteiger partial charge >= 0.3 is 5.97 Å². The third-order valence-corrected chi connectivity index (χ3v) is 1.93. The fourth-order valence-corrected chi connectivity index (χ4v) is 1.09. The molecule has 0 radical (unpaired) electrons. The zero-order valence-electron chi connectivity index (χ0n) is 6.97. The summed E-state index contributed by atoms with van der Waals surface area (Å²) in [7, 11) is 0. The van der Waals surface area contributed by atoms with Crippen LogP contribution in [0.2, 0.25) is 0 Å². The van der Waals surface area contributed by atoms with Crippen molar-refractivity contribution in [1.82, 2.24) is 15.2 Å². The van der Waals surface area contributed by atoms with E-state index < -0.39 is 5.97 Å². The van der Waals surface area contributed by atoms with E-state index in [0.29, 0.717) is 5.92 Å². The molecule has 0 bridgehead atoms. The van der Waals surface area contributed by atoms with Crippen LogP contribution in [0.4, 0.5) is 0 Å². The van der Waals surface area contributed by atoms with Crippen molar-refractivity contribution in [2.75, 3.05) is 0 Å². The molecule has 1 saturated carbocycles. The van der Waals surface area contributed by atoms with Crippen LogP contribution >= 0.6 is 0 Å². The van der Waals surface area contributed by atoms with Gasteiger partial charge in [-0.2, -0.15) is 5.10 Å². The van der Waals surface area contributed by atoms with Gasteiger partial charge in [0, 0.05) is 5.92 Å². The maximum Gasteiger partial charge on any atom is 0.311 e. The molecule has 5 nitrogen and oxygen atoms in total. The number of carboxylic acid groups (broad SMARTS) is 1. The highest BCUT2D eigenvalue weighted by molar-refractivity contribution is 5.68. The van der Waals surface area contributed by atoms with Crippen molar-refractivity contribution in [3.8, 4) is 0 Å². The number of nitrogens with zero attached hydrogens (tertiary/aromatic N) is 3. The Hall–Kier alpha value is -1.52. The summed E-state index contributed by atoms with van der Waals surface area (Å²) in [6, 6.07) is 0. The summed E-state index contributed by atoms with van der Waals surface area (Å²) in [5, 5.41) is 16.1. The quantitative estimate of drug-likeness (QED) is 0.725. The summed E-state index contributed by atoms with van der Waals surface area (Å²) in [5.41, 5.74) is 0.883. The van der Waals surface area contributed by atoms with Crippen LogP contribution in [0.1, 0.15) is 30.3 Å². The Morgan fingerprint density at radius 3 is 2.77 bits per heavy atom. The Balaban J connectivity index is 2.08. The number of hydrogen-bond acceptors (Lipinski definition) is 4. The number of carboxylic acids is 1. The average Bonchev–Trinajstić information content (AvgIpc) is 2.87. The molecule has 0 amide bonds. The molecular weight excluding hydrogens is 170 g/mol. The van der Waals surface area contributed by atoms with E-state index in [-0.39, 0.29) is 12.2 Å². The van der Waals surface area contributed by atoms with Crippen LogP contribution < -0.4 is 0 Å². The van der Waals surface area contributed by atoms with Crippen molar-refractivity contribution in [3.05, 3.63) is 17.7 Å². The van der Waals surface area contributed by atoms with Gasteiger partial charge in [-0.3, -0.25) is 4.79 Å². The Morgan fingerprint density at radius 1 is 1.54 bits per heavy atom. The van der Waals surface area contributed by atoms with Crippen LogP contribution in [-0.4, -0.2) is 26.3 Å². The third-order valence-electron chi connectivity index (χ3n) is 1.93. The van der Waals surface area contributed by atoms with E-state index in [1.165, 1.54) is 0 Å². The molecule has 1 aliphatic carbocycles. The Bertz CT molecular complexity index is 319. The molecule has 68 valence electrons. The van der Waals surface area contributed by atoms with E-state index in [9.17, 15) is 4.79 Å². The van der Waals surface area contributed by atoms with Crippen molar-refractivity contribution < 1.29 is 9.90 Å². The first-order valence-corrected chi connectivity index (χ1v) is 4.16. The first-order valence-electron chi connectivity index (χ1n) is 4.16. The van der Waals surface area contributed by atoms with Crippen molar-refractivity contribution in [3.63, 3.8) is 0 Å². The maximum absolute atomic E-state index is 10.3. The zero-order chi connectivity index (χ0) is 9.26. The van der Waals surface area contributed by atoms with Crippen molar-refractivity contribution in [2.24, 2.45) is 0 Å². The normalized spacial score (nSPS) is 15.7. The predicted molar refractivity (Wildman–Crippen MR) is 43.1 cm³/mol. The molecule has 1 aromatic rings. The van der Waals surface area contributed by atoms with E-state index in [1.54, 1.807) is 6.20 Å². The lowest BCUT2D eigenvalue weighted by molar-refractivity contribution is -0.136. The van der Waals surface area contributed by atoms with Crippen LogP contribution in [0, 0.1) is 0 Å². The molecule has 0 spiro atoms. The maximum atomic E-state index is 10.3. The largest absolute Gasteiger partial charge is 0.481 e. The highest BCUT2D eigenvalue weighted by atomic mass is 16.4. The van der Waals surface area contributed by atoms with Crippen molar-refractivity contribution >= 4 is 5.97 Å². The third kappa shape index (κ3) is 1.99. The van der Waals surface area contributed by atoms with Crippen molar-refractivity contribution in [1.29, 1.82) is 0 Å². The van der Waals surface area contributed by atoms with Gasteiger partial charge in [-0.15, -0.1) is 5.10 Å². The second-order valence-electron chi connectivity index (χ2n) is 3.14. The minimum atomic E-state index is -0.930. The lowest BCUT2D eigenvalue weighted by atomic mass is 10.3. The summed E-state index contributed by atoms with van der Waals surface area (Å²) >= 11 is 0. The fraction of sp³-hybridized carbons (Fsp3) is 0.500. The first-order chi connectivity index (χ1) is 6.25. The molecule has 1 heterocycles.